The standard InChI is InChI=1S/C18H18N2O/c19-11-17(15-12-21-18-8-4-2-6-14(15)18)20-10-9-13-5-1-3-7-16(13)20/h1-8,12,17H,9-11,19H2. The van der Waals surface area contributed by atoms with Gasteiger partial charge in [-0.15, -0.1) is 0 Å². The molecule has 1 aliphatic rings. The van der Waals surface area contributed by atoms with Crippen LogP contribution in [0, 0.1) is 0 Å². The predicted octanol–water partition coefficient (Wildman–Crippen LogP) is 3.50. The van der Waals surface area contributed by atoms with Crippen LogP contribution in [0.4, 0.5) is 5.69 Å². The molecule has 1 unspecified atom stereocenters. The summed E-state index contributed by atoms with van der Waals surface area (Å²) >= 11 is 0. The molecule has 0 bridgehead atoms. The van der Waals surface area contributed by atoms with Gasteiger partial charge in [-0.25, -0.2) is 0 Å². The third kappa shape index (κ3) is 1.93. The largest absolute Gasteiger partial charge is 0.464 e. The van der Waals surface area contributed by atoms with Gasteiger partial charge in [0.15, 0.2) is 0 Å². The Morgan fingerprint density at radius 2 is 1.90 bits per heavy atom. The van der Waals surface area contributed by atoms with Gasteiger partial charge in [-0.2, -0.15) is 0 Å². The van der Waals surface area contributed by atoms with Gasteiger partial charge in [-0.05, 0) is 24.1 Å². The van der Waals surface area contributed by atoms with E-state index in [1.165, 1.54) is 16.8 Å². The van der Waals surface area contributed by atoms with Crippen LogP contribution in [0.15, 0.2) is 59.2 Å². The highest BCUT2D eigenvalue weighted by Crippen LogP contribution is 2.37. The SMILES string of the molecule is NCC(c1coc2ccccc12)N1CCc2ccccc21. The van der Waals surface area contributed by atoms with Gasteiger partial charge < -0.3 is 15.1 Å². The lowest BCUT2D eigenvalue weighted by atomic mass is 10.0. The summed E-state index contributed by atoms with van der Waals surface area (Å²) in [6, 6.07) is 16.9. The molecule has 2 aromatic carbocycles. The number of hydrogen-bond acceptors (Lipinski definition) is 3. The molecular formula is C18H18N2O. The molecule has 0 radical (unpaired) electrons. The van der Waals surface area contributed by atoms with Gasteiger partial charge in [0.1, 0.15) is 5.58 Å². The first-order chi connectivity index (χ1) is 10.4. The van der Waals surface area contributed by atoms with Crippen molar-refractivity contribution in [3.05, 3.63) is 65.9 Å². The van der Waals surface area contributed by atoms with Crippen molar-refractivity contribution in [1.82, 2.24) is 0 Å². The Bertz CT molecular complexity index is 777. The number of benzene rings is 2. The molecule has 0 aliphatic carbocycles. The van der Waals surface area contributed by atoms with Gasteiger partial charge in [0, 0.05) is 29.7 Å². The molecule has 106 valence electrons. The molecule has 2 heterocycles. The molecule has 0 amide bonds. The average molecular weight is 278 g/mol. The lowest BCUT2D eigenvalue weighted by Gasteiger charge is -2.29. The van der Waals surface area contributed by atoms with E-state index in [0.717, 1.165) is 23.9 Å². The lowest BCUT2D eigenvalue weighted by Crippen LogP contribution is -2.32. The van der Waals surface area contributed by atoms with Gasteiger partial charge in [-0.3, -0.25) is 0 Å². The molecule has 0 saturated carbocycles. The highest BCUT2D eigenvalue weighted by molar-refractivity contribution is 5.82. The second-order valence-electron chi connectivity index (χ2n) is 5.51. The molecule has 1 aromatic heterocycles. The molecular weight excluding hydrogens is 260 g/mol. The fraction of sp³-hybridized carbons (Fsp3) is 0.222. The Balaban J connectivity index is 1.79. The molecule has 3 nitrogen and oxygen atoms in total. The topological polar surface area (TPSA) is 42.4 Å². The normalized spacial score (nSPS) is 15.4. The Kier molecular flexibility index (Phi) is 2.93. The summed E-state index contributed by atoms with van der Waals surface area (Å²) in [6.45, 7) is 1.60. The number of nitrogens with two attached hydrogens (primary N) is 1. The van der Waals surface area contributed by atoms with Crippen molar-refractivity contribution in [3.63, 3.8) is 0 Å². The minimum atomic E-state index is 0.164. The van der Waals surface area contributed by atoms with Crippen LogP contribution in [0.2, 0.25) is 0 Å². The smallest absolute Gasteiger partial charge is 0.134 e. The first kappa shape index (κ1) is 12.5. The molecule has 21 heavy (non-hydrogen) atoms. The van der Waals surface area contributed by atoms with E-state index in [9.17, 15) is 0 Å². The summed E-state index contributed by atoms with van der Waals surface area (Å²) in [5, 5.41) is 1.16. The number of furan rings is 1. The van der Waals surface area contributed by atoms with E-state index in [0.29, 0.717) is 6.54 Å². The number of para-hydroxylation sites is 2. The van der Waals surface area contributed by atoms with Crippen molar-refractivity contribution < 1.29 is 4.42 Å². The van der Waals surface area contributed by atoms with Crippen LogP contribution >= 0.6 is 0 Å². The molecule has 2 N–H and O–H groups in total. The van der Waals surface area contributed by atoms with E-state index in [1.807, 2.05) is 24.5 Å². The molecule has 1 atom stereocenters. The Hall–Kier alpha value is -2.26. The summed E-state index contributed by atoms with van der Waals surface area (Å²) in [7, 11) is 0. The third-order valence-electron chi connectivity index (χ3n) is 4.39. The van der Waals surface area contributed by atoms with Crippen LogP contribution in [-0.2, 0) is 6.42 Å². The van der Waals surface area contributed by atoms with Gasteiger partial charge in [0.05, 0.1) is 12.3 Å². The summed E-state index contributed by atoms with van der Waals surface area (Å²) < 4.78 is 5.70. The number of anilines is 1. The maximum absolute atomic E-state index is 6.11. The summed E-state index contributed by atoms with van der Waals surface area (Å²) in [4.78, 5) is 2.41. The molecule has 0 fully saturated rings. The molecule has 1 aliphatic heterocycles. The second kappa shape index (κ2) is 4.93. The van der Waals surface area contributed by atoms with Crippen LogP contribution in [-0.4, -0.2) is 13.1 Å². The number of rotatable bonds is 3. The minimum absolute atomic E-state index is 0.164. The highest BCUT2D eigenvalue weighted by atomic mass is 16.3. The molecule has 3 heteroatoms. The first-order valence-electron chi connectivity index (χ1n) is 7.39. The second-order valence-corrected chi connectivity index (χ2v) is 5.51. The number of hydrogen-bond donors (Lipinski definition) is 1. The fourth-order valence-electron chi connectivity index (χ4n) is 3.37. The van der Waals surface area contributed by atoms with Crippen molar-refractivity contribution in [1.29, 1.82) is 0 Å². The number of fused-ring (bicyclic) bond motifs is 2. The maximum atomic E-state index is 6.11. The summed E-state index contributed by atoms with van der Waals surface area (Å²) in [5.74, 6) is 0. The van der Waals surface area contributed by atoms with Crippen molar-refractivity contribution in [2.45, 2.75) is 12.5 Å². The van der Waals surface area contributed by atoms with Crippen molar-refractivity contribution in [3.8, 4) is 0 Å². The van der Waals surface area contributed by atoms with Crippen molar-refractivity contribution >= 4 is 16.7 Å². The Morgan fingerprint density at radius 1 is 1.10 bits per heavy atom. The average Bonchev–Trinajstić information content (AvgIpc) is 3.14. The van der Waals surface area contributed by atoms with Gasteiger partial charge in [0.25, 0.3) is 0 Å². The Labute approximate surface area is 124 Å². The van der Waals surface area contributed by atoms with E-state index in [4.69, 9.17) is 10.2 Å². The Morgan fingerprint density at radius 3 is 2.81 bits per heavy atom. The quantitative estimate of drug-likeness (QED) is 0.797. The maximum Gasteiger partial charge on any atom is 0.134 e. The van der Waals surface area contributed by atoms with E-state index in [2.05, 4.69) is 35.2 Å². The molecule has 0 spiro atoms. The zero-order valence-electron chi connectivity index (χ0n) is 11.8. The monoisotopic (exact) mass is 278 g/mol. The zero-order valence-corrected chi connectivity index (χ0v) is 11.8. The third-order valence-corrected chi connectivity index (χ3v) is 4.39. The fourth-order valence-corrected chi connectivity index (χ4v) is 3.37. The van der Waals surface area contributed by atoms with Crippen LogP contribution in [0.5, 0.6) is 0 Å². The minimum Gasteiger partial charge on any atom is -0.464 e. The molecule has 4 rings (SSSR count). The lowest BCUT2D eigenvalue weighted by molar-refractivity contribution is 0.589. The zero-order chi connectivity index (χ0) is 14.2. The van der Waals surface area contributed by atoms with Crippen molar-refractivity contribution in [2.75, 3.05) is 18.0 Å². The van der Waals surface area contributed by atoms with Crippen LogP contribution in [0.1, 0.15) is 17.2 Å². The van der Waals surface area contributed by atoms with Gasteiger partial charge in [-0.1, -0.05) is 36.4 Å². The van der Waals surface area contributed by atoms with E-state index in [1.54, 1.807) is 0 Å². The van der Waals surface area contributed by atoms with Gasteiger partial charge >= 0.3 is 0 Å². The van der Waals surface area contributed by atoms with Crippen LogP contribution in [0.25, 0.3) is 11.0 Å². The summed E-state index contributed by atoms with van der Waals surface area (Å²) in [5.41, 5.74) is 10.9. The van der Waals surface area contributed by atoms with Crippen molar-refractivity contribution in [2.24, 2.45) is 5.73 Å². The predicted molar refractivity (Wildman–Crippen MR) is 85.5 cm³/mol. The van der Waals surface area contributed by atoms with Crippen LogP contribution < -0.4 is 10.6 Å². The van der Waals surface area contributed by atoms with Crippen LogP contribution in [0.3, 0.4) is 0 Å². The number of nitrogens with zero attached hydrogens (tertiary/aromatic N) is 1. The molecule has 0 saturated heterocycles. The first-order valence-corrected chi connectivity index (χ1v) is 7.39. The van der Waals surface area contributed by atoms with E-state index >= 15 is 0 Å². The molecule has 3 aromatic rings. The summed E-state index contributed by atoms with van der Waals surface area (Å²) in [6.07, 6.45) is 2.95. The van der Waals surface area contributed by atoms with E-state index < -0.39 is 0 Å². The van der Waals surface area contributed by atoms with Gasteiger partial charge in [0.2, 0.25) is 0 Å². The highest BCUT2D eigenvalue weighted by Gasteiger charge is 2.28. The van der Waals surface area contributed by atoms with E-state index in [-0.39, 0.29) is 6.04 Å².